The molecule has 0 radical (unpaired) electrons. The van der Waals surface area contributed by atoms with Crippen LogP contribution in [0.25, 0.3) is 0 Å². The van der Waals surface area contributed by atoms with Crippen LogP contribution in [0, 0.1) is 11.3 Å². The third-order valence-corrected chi connectivity index (χ3v) is 2.61. The minimum absolute atomic E-state index is 0.139. The fraction of sp³-hybridized carbons (Fsp3) is 0.333. The smallest absolute Gasteiger partial charge is 0.257 e. The average Bonchev–Trinajstić information content (AvgIpc) is 3.10. The Kier molecular flexibility index (Phi) is 2.88. The van der Waals surface area contributed by atoms with Gasteiger partial charge in [-0.3, -0.25) is 4.79 Å². The second-order valence-electron chi connectivity index (χ2n) is 3.66. The van der Waals surface area contributed by atoms with Crippen molar-refractivity contribution in [3.05, 3.63) is 35.9 Å². The maximum Gasteiger partial charge on any atom is 0.257 e. The van der Waals surface area contributed by atoms with Crippen molar-refractivity contribution in [1.29, 1.82) is 5.26 Å². The van der Waals surface area contributed by atoms with Crippen molar-refractivity contribution in [1.82, 2.24) is 4.90 Å². The summed E-state index contributed by atoms with van der Waals surface area (Å²) in [6.07, 6.45) is -0.598. The zero-order valence-corrected chi connectivity index (χ0v) is 8.96. The Hall–Kier alpha value is -1.86. The van der Waals surface area contributed by atoms with Crippen LogP contribution in [0.5, 0.6) is 0 Å². The maximum atomic E-state index is 12.0. The molecule has 1 amide bonds. The first-order valence-electron chi connectivity index (χ1n) is 5.05. The number of ether oxygens (including phenoxy) is 1. The Morgan fingerprint density at radius 3 is 2.75 bits per heavy atom. The molecule has 82 valence electrons. The van der Waals surface area contributed by atoms with Crippen molar-refractivity contribution in [3.63, 3.8) is 0 Å². The number of benzene rings is 1. The van der Waals surface area contributed by atoms with E-state index in [0.29, 0.717) is 6.54 Å². The van der Waals surface area contributed by atoms with Gasteiger partial charge >= 0.3 is 0 Å². The monoisotopic (exact) mass is 216 g/mol. The zero-order chi connectivity index (χ0) is 11.5. The quantitative estimate of drug-likeness (QED) is 0.711. The summed E-state index contributed by atoms with van der Waals surface area (Å²) in [5, 5.41) is 8.67. The van der Waals surface area contributed by atoms with Gasteiger partial charge in [0.25, 0.3) is 5.91 Å². The molecule has 1 fully saturated rings. The molecule has 0 aromatic heterocycles. The topological polar surface area (TPSA) is 53.1 Å². The largest absolute Gasteiger partial charge is 0.367 e. The summed E-state index contributed by atoms with van der Waals surface area (Å²) >= 11 is 0. The van der Waals surface area contributed by atoms with Crippen LogP contribution in [0.15, 0.2) is 30.3 Å². The Bertz CT molecular complexity index is 424. The molecule has 1 aromatic rings. The minimum Gasteiger partial charge on any atom is -0.367 e. The minimum atomic E-state index is -0.598. The molecular formula is C12H12N2O2. The normalized spacial score (nSPS) is 20.0. The van der Waals surface area contributed by atoms with Gasteiger partial charge in [0.05, 0.1) is 12.6 Å². The lowest BCUT2D eigenvalue weighted by molar-refractivity contribution is -0.136. The molecule has 1 unspecified atom stereocenters. The molecule has 1 saturated heterocycles. The van der Waals surface area contributed by atoms with Gasteiger partial charge in [0.2, 0.25) is 0 Å². The van der Waals surface area contributed by atoms with Gasteiger partial charge in [0.15, 0.2) is 6.10 Å². The summed E-state index contributed by atoms with van der Waals surface area (Å²) in [6.45, 7) is 0.516. The van der Waals surface area contributed by atoms with Gasteiger partial charge in [-0.15, -0.1) is 0 Å². The second kappa shape index (κ2) is 4.33. The van der Waals surface area contributed by atoms with Crippen LogP contribution >= 0.6 is 0 Å². The first-order chi connectivity index (χ1) is 7.77. The average molecular weight is 216 g/mol. The van der Waals surface area contributed by atoms with Crippen LogP contribution in [-0.2, 0) is 9.53 Å². The molecule has 1 aliphatic rings. The molecule has 0 saturated carbocycles. The summed E-state index contributed by atoms with van der Waals surface area (Å²) in [5.41, 5.74) is 0.818. The number of carbonyl (C=O) groups excluding carboxylic acids is 1. The van der Waals surface area contributed by atoms with Crippen molar-refractivity contribution in [2.75, 3.05) is 13.7 Å². The van der Waals surface area contributed by atoms with Crippen molar-refractivity contribution in [2.24, 2.45) is 0 Å². The number of methoxy groups -OCH3 is 1. The van der Waals surface area contributed by atoms with Crippen molar-refractivity contribution in [2.45, 2.75) is 12.1 Å². The predicted molar refractivity (Wildman–Crippen MR) is 57.3 cm³/mol. The van der Waals surface area contributed by atoms with Crippen LogP contribution in [0.1, 0.15) is 11.7 Å². The summed E-state index contributed by atoms with van der Waals surface area (Å²) in [4.78, 5) is 13.5. The Morgan fingerprint density at radius 1 is 1.56 bits per heavy atom. The number of hydrogen-bond acceptors (Lipinski definition) is 3. The molecule has 2 rings (SSSR count). The third kappa shape index (κ3) is 1.90. The van der Waals surface area contributed by atoms with E-state index in [2.05, 4.69) is 0 Å². The zero-order valence-electron chi connectivity index (χ0n) is 8.96. The van der Waals surface area contributed by atoms with Gasteiger partial charge < -0.3 is 9.64 Å². The standard InChI is InChI=1S/C12H12N2O2/c1-16-11(9-5-3-2-4-6-9)12(15)14-8-10(14)7-13/h2-6,10-11H,8H2,1H3/t10?,11-,14?/m0/s1. The number of nitrogens with zero attached hydrogens (tertiary/aromatic N) is 2. The number of amides is 1. The van der Waals surface area contributed by atoms with E-state index in [1.54, 1.807) is 0 Å². The van der Waals surface area contributed by atoms with E-state index in [0.717, 1.165) is 5.56 Å². The molecule has 0 spiro atoms. The Labute approximate surface area is 94.0 Å². The highest BCUT2D eigenvalue weighted by Crippen LogP contribution is 2.26. The lowest BCUT2D eigenvalue weighted by Crippen LogP contribution is -2.23. The van der Waals surface area contributed by atoms with Crippen LogP contribution in [-0.4, -0.2) is 30.5 Å². The first kappa shape index (κ1) is 10.7. The number of nitriles is 1. The van der Waals surface area contributed by atoms with Gasteiger partial charge in [0, 0.05) is 7.11 Å². The third-order valence-electron chi connectivity index (χ3n) is 2.61. The molecular weight excluding hydrogens is 204 g/mol. The number of hydrogen-bond donors (Lipinski definition) is 0. The fourth-order valence-electron chi connectivity index (χ4n) is 1.65. The summed E-state index contributed by atoms with van der Waals surface area (Å²) in [6, 6.07) is 11.1. The van der Waals surface area contributed by atoms with Crippen LogP contribution in [0.3, 0.4) is 0 Å². The highest BCUT2D eigenvalue weighted by atomic mass is 16.5. The molecule has 0 aliphatic carbocycles. The lowest BCUT2D eigenvalue weighted by atomic mass is 10.1. The highest BCUT2D eigenvalue weighted by Gasteiger charge is 2.42. The van der Waals surface area contributed by atoms with Gasteiger partial charge in [-0.1, -0.05) is 30.3 Å². The molecule has 4 heteroatoms. The fourth-order valence-corrected chi connectivity index (χ4v) is 1.65. The van der Waals surface area contributed by atoms with Crippen molar-refractivity contribution < 1.29 is 9.53 Å². The van der Waals surface area contributed by atoms with Crippen molar-refractivity contribution in [3.8, 4) is 6.07 Å². The molecule has 1 aliphatic heterocycles. The number of rotatable bonds is 3. The van der Waals surface area contributed by atoms with Crippen LogP contribution < -0.4 is 0 Å². The van der Waals surface area contributed by atoms with E-state index in [1.165, 1.54) is 12.0 Å². The molecule has 1 heterocycles. The van der Waals surface area contributed by atoms with E-state index in [1.807, 2.05) is 36.4 Å². The van der Waals surface area contributed by atoms with E-state index in [4.69, 9.17) is 10.00 Å². The summed E-state index contributed by atoms with van der Waals surface area (Å²) < 4.78 is 5.19. The van der Waals surface area contributed by atoms with Gasteiger partial charge in [-0.2, -0.15) is 5.26 Å². The lowest BCUT2D eigenvalue weighted by Gasteiger charge is -2.14. The maximum absolute atomic E-state index is 12.0. The van der Waals surface area contributed by atoms with Gasteiger partial charge in [-0.05, 0) is 5.56 Å². The summed E-state index contributed by atoms with van der Waals surface area (Å²) in [5.74, 6) is -0.139. The number of carbonyl (C=O) groups is 1. The van der Waals surface area contributed by atoms with Crippen LogP contribution in [0.2, 0.25) is 0 Å². The molecule has 2 atom stereocenters. The second-order valence-corrected chi connectivity index (χ2v) is 3.66. The molecule has 1 aromatic carbocycles. The SMILES string of the molecule is CO[C@H](C(=O)N1CC1C#N)c1ccccc1. The van der Waals surface area contributed by atoms with Gasteiger partial charge in [-0.25, -0.2) is 0 Å². The van der Waals surface area contributed by atoms with E-state index >= 15 is 0 Å². The summed E-state index contributed by atoms with van der Waals surface area (Å²) in [7, 11) is 1.50. The van der Waals surface area contributed by atoms with Gasteiger partial charge in [0.1, 0.15) is 6.04 Å². The highest BCUT2D eigenvalue weighted by molar-refractivity contribution is 5.85. The van der Waals surface area contributed by atoms with E-state index < -0.39 is 6.10 Å². The molecule has 0 bridgehead atoms. The Balaban J connectivity index is 2.13. The van der Waals surface area contributed by atoms with E-state index in [-0.39, 0.29) is 11.9 Å². The first-order valence-corrected chi connectivity index (χ1v) is 5.05. The molecule has 16 heavy (non-hydrogen) atoms. The van der Waals surface area contributed by atoms with E-state index in [9.17, 15) is 4.79 Å². The predicted octanol–water partition coefficient (Wildman–Crippen LogP) is 1.11. The molecule has 0 N–H and O–H groups in total. The van der Waals surface area contributed by atoms with Crippen molar-refractivity contribution >= 4 is 5.91 Å². The molecule has 4 nitrogen and oxygen atoms in total. The van der Waals surface area contributed by atoms with Crippen LogP contribution in [0.4, 0.5) is 0 Å². The Morgan fingerprint density at radius 2 is 2.25 bits per heavy atom.